The molecular formula is C17H18ClNO2. The van der Waals surface area contributed by atoms with Crippen molar-refractivity contribution in [3.8, 4) is 0 Å². The van der Waals surface area contributed by atoms with Gasteiger partial charge in [0.1, 0.15) is 0 Å². The molecule has 0 bridgehead atoms. The molecule has 2 aromatic rings. The summed E-state index contributed by atoms with van der Waals surface area (Å²) in [6.45, 7) is 4.63. The molecule has 1 unspecified atom stereocenters. The van der Waals surface area contributed by atoms with Gasteiger partial charge in [0.05, 0.1) is 5.56 Å². The van der Waals surface area contributed by atoms with Crippen LogP contribution < -0.4 is 4.90 Å². The highest BCUT2D eigenvalue weighted by atomic mass is 35.5. The number of hydrogen-bond acceptors (Lipinski definition) is 3. The van der Waals surface area contributed by atoms with E-state index in [-0.39, 0.29) is 12.2 Å². The first-order valence-electron chi connectivity index (χ1n) is 6.90. The maximum absolute atomic E-state index is 12.2. The van der Waals surface area contributed by atoms with Crippen molar-refractivity contribution in [2.45, 2.75) is 20.1 Å². The number of nitrogens with zero attached hydrogens (tertiary/aromatic N) is 1. The normalized spacial score (nSPS) is 11.8. The molecule has 21 heavy (non-hydrogen) atoms. The lowest BCUT2D eigenvalue weighted by Crippen LogP contribution is -2.36. The molecule has 0 aromatic heterocycles. The molecule has 0 saturated heterocycles. The zero-order valence-electron chi connectivity index (χ0n) is 12.1. The van der Waals surface area contributed by atoms with Gasteiger partial charge in [0, 0.05) is 17.3 Å². The number of esters is 1. The van der Waals surface area contributed by atoms with Gasteiger partial charge in [0.2, 0.25) is 0 Å². The molecule has 0 aliphatic heterocycles. The molecule has 2 rings (SSSR count). The van der Waals surface area contributed by atoms with E-state index < -0.39 is 0 Å². The molecule has 0 amide bonds. The minimum Gasteiger partial charge on any atom is -0.438 e. The monoisotopic (exact) mass is 303 g/mol. The van der Waals surface area contributed by atoms with Crippen LogP contribution in [0.4, 0.5) is 5.69 Å². The van der Waals surface area contributed by atoms with Gasteiger partial charge in [-0.1, -0.05) is 35.9 Å². The second kappa shape index (κ2) is 7.14. The predicted octanol–water partition coefficient (Wildman–Crippen LogP) is 4.37. The van der Waals surface area contributed by atoms with Crippen molar-refractivity contribution >= 4 is 23.3 Å². The van der Waals surface area contributed by atoms with E-state index in [1.807, 2.05) is 49.1 Å². The molecule has 4 heteroatoms. The van der Waals surface area contributed by atoms with Crippen LogP contribution in [0.25, 0.3) is 0 Å². The Morgan fingerprint density at radius 2 is 1.90 bits per heavy atom. The van der Waals surface area contributed by atoms with Gasteiger partial charge in [-0.05, 0) is 44.2 Å². The molecule has 0 fully saturated rings. The number of ether oxygens (including phenoxy) is 1. The SMILES string of the molecule is CCN(c1ccccc1)C(C)OC(=O)c1cccc(Cl)c1. The van der Waals surface area contributed by atoms with E-state index >= 15 is 0 Å². The fourth-order valence-corrected chi connectivity index (χ4v) is 2.36. The van der Waals surface area contributed by atoms with Gasteiger partial charge in [0.15, 0.2) is 6.23 Å². The highest BCUT2D eigenvalue weighted by Crippen LogP contribution is 2.18. The summed E-state index contributed by atoms with van der Waals surface area (Å²) in [6.07, 6.45) is -0.358. The quantitative estimate of drug-likeness (QED) is 0.607. The van der Waals surface area contributed by atoms with Crippen LogP contribution in [0.15, 0.2) is 54.6 Å². The fourth-order valence-electron chi connectivity index (χ4n) is 2.17. The van der Waals surface area contributed by atoms with Gasteiger partial charge in [-0.2, -0.15) is 0 Å². The van der Waals surface area contributed by atoms with E-state index in [0.29, 0.717) is 10.6 Å². The maximum Gasteiger partial charge on any atom is 0.340 e. The average Bonchev–Trinajstić information content (AvgIpc) is 2.49. The Hall–Kier alpha value is -2.00. The number of benzene rings is 2. The Labute approximate surface area is 130 Å². The summed E-state index contributed by atoms with van der Waals surface area (Å²) in [5, 5.41) is 0.521. The Morgan fingerprint density at radius 1 is 1.19 bits per heavy atom. The topological polar surface area (TPSA) is 29.5 Å². The maximum atomic E-state index is 12.2. The molecule has 0 N–H and O–H groups in total. The van der Waals surface area contributed by atoms with Crippen LogP contribution in [0.1, 0.15) is 24.2 Å². The van der Waals surface area contributed by atoms with Gasteiger partial charge in [-0.3, -0.25) is 0 Å². The lowest BCUT2D eigenvalue weighted by atomic mass is 10.2. The van der Waals surface area contributed by atoms with Crippen LogP contribution >= 0.6 is 11.6 Å². The van der Waals surface area contributed by atoms with E-state index in [4.69, 9.17) is 16.3 Å². The van der Waals surface area contributed by atoms with E-state index in [2.05, 4.69) is 0 Å². The molecule has 0 aliphatic carbocycles. The van der Waals surface area contributed by atoms with Gasteiger partial charge in [-0.15, -0.1) is 0 Å². The molecule has 2 aromatic carbocycles. The number of carbonyl (C=O) groups excluding carboxylic acids is 1. The molecule has 0 heterocycles. The van der Waals surface area contributed by atoms with E-state index in [9.17, 15) is 4.79 Å². The molecule has 1 atom stereocenters. The largest absolute Gasteiger partial charge is 0.438 e. The minimum atomic E-state index is -0.376. The smallest absolute Gasteiger partial charge is 0.340 e. The summed E-state index contributed by atoms with van der Waals surface area (Å²) in [5.74, 6) is -0.376. The van der Waals surface area contributed by atoms with Crippen molar-refractivity contribution in [1.82, 2.24) is 0 Å². The van der Waals surface area contributed by atoms with Crippen molar-refractivity contribution in [1.29, 1.82) is 0 Å². The first-order chi connectivity index (χ1) is 10.1. The number of hydrogen-bond donors (Lipinski definition) is 0. The fraction of sp³-hybridized carbons (Fsp3) is 0.235. The van der Waals surface area contributed by atoms with E-state index in [0.717, 1.165) is 12.2 Å². The van der Waals surface area contributed by atoms with Crippen LogP contribution in [-0.4, -0.2) is 18.7 Å². The summed E-state index contributed by atoms with van der Waals surface area (Å²) < 4.78 is 5.53. The van der Waals surface area contributed by atoms with Crippen molar-refractivity contribution in [3.05, 3.63) is 65.2 Å². The first kappa shape index (κ1) is 15.4. The lowest BCUT2D eigenvalue weighted by molar-refractivity contribution is 0.0336. The Bertz CT molecular complexity index is 601. The number of anilines is 1. The summed E-state index contributed by atoms with van der Waals surface area (Å²) in [7, 11) is 0. The van der Waals surface area contributed by atoms with Crippen LogP contribution in [0.5, 0.6) is 0 Å². The summed E-state index contributed by atoms with van der Waals surface area (Å²) in [4.78, 5) is 14.2. The Kier molecular flexibility index (Phi) is 5.23. The zero-order chi connectivity index (χ0) is 15.2. The van der Waals surface area contributed by atoms with Crippen molar-refractivity contribution < 1.29 is 9.53 Å². The molecule has 0 radical (unpaired) electrons. The molecule has 0 saturated carbocycles. The standard InChI is InChI=1S/C17H18ClNO2/c1-3-19(16-10-5-4-6-11-16)13(2)21-17(20)14-8-7-9-15(18)12-14/h4-13H,3H2,1-2H3. The third-order valence-corrected chi connectivity index (χ3v) is 3.44. The summed E-state index contributed by atoms with van der Waals surface area (Å²) in [5.41, 5.74) is 1.48. The van der Waals surface area contributed by atoms with E-state index in [1.165, 1.54) is 0 Å². The molecule has 0 aliphatic rings. The summed E-state index contributed by atoms with van der Waals surface area (Å²) in [6, 6.07) is 16.6. The van der Waals surface area contributed by atoms with E-state index in [1.54, 1.807) is 24.3 Å². The number of rotatable bonds is 5. The van der Waals surface area contributed by atoms with Gasteiger partial charge in [-0.25, -0.2) is 4.79 Å². The third kappa shape index (κ3) is 3.99. The Morgan fingerprint density at radius 3 is 2.52 bits per heavy atom. The van der Waals surface area contributed by atoms with Crippen molar-refractivity contribution in [3.63, 3.8) is 0 Å². The predicted molar refractivity (Wildman–Crippen MR) is 85.8 cm³/mol. The van der Waals surface area contributed by atoms with Crippen molar-refractivity contribution in [2.75, 3.05) is 11.4 Å². The minimum absolute atomic E-state index is 0.358. The van der Waals surface area contributed by atoms with Crippen LogP contribution in [0.3, 0.4) is 0 Å². The lowest BCUT2D eigenvalue weighted by Gasteiger charge is -2.29. The molecule has 3 nitrogen and oxygen atoms in total. The van der Waals surface area contributed by atoms with Crippen LogP contribution in [0, 0.1) is 0 Å². The second-order valence-electron chi connectivity index (χ2n) is 4.64. The highest BCUT2D eigenvalue weighted by Gasteiger charge is 2.18. The first-order valence-corrected chi connectivity index (χ1v) is 7.28. The molecule has 110 valence electrons. The molecular weight excluding hydrogens is 286 g/mol. The molecule has 0 spiro atoms. The van der Waals surface area contributed by atoms with Gasteiger partial charge >= 0.3 is 5.97 Å². The number of para-hydroxylation sites is 1. The zero-order valence-corrected chi connectivity index (χ0v) is 12.9. The Balaban J connectivity index is 2.09. The van der Waals surface area contributed by atoms with Gasteiger partial charge < -0.3 is 9.64 Å². The van der Waals surface area contributed by atoms with Crippen LogP contribution in [-0.2, 0) is 4.74 Å². The number of halogens is 1. The average molecular weight is 304 g/mol. The second-order valence-corrected chi connectivity index (χ2v) is 5.07. The van der Waals surface area contributed by atoms with Crippen molar-refractivity contribution in [2.24, 2.45) is 0 Å². The van der Waals surface area contributed by atoms with Crippen LogP contribution in [0.2, 0.25) is 5.02 Å². The van der Waals surface area contributed by atoms with Gasteiger partial charge in [0.25, 0.3) is 0 Å². The third-order valence-electron chi connectivity index (χ3n) is 3.21. The highest BCUT2D eigenvalue weighted by molar-refractivity contribution is 6.30. The summed E-state index contributed by atoms with van der Waals surface area (Å²) >= 11 is 5.89. The number of carbonyl (C=O) groups is 1.